The molecule has 4 saturated carbocycles. The number of carbonyl (C=O) groups excluding carboxylic acids is 1. The van der Waals surface area contributed by atoms with Crippen LogP contribution in [0.25, 0.3) is 0 Å². The summed E-state index contributed by atoms with van der Waals surface area (Å²) in [5, 5.41) is 7.12. The van der Waals surface area contributed by atoms with Crippen molar-refractivity contribution in [2.24, 2.45) is 51.8 Å². The van der Waals surface area contributed by atoms with Gasteiger partial charge in [-0.15, -0.1) is 0 Å². The van der Waals surface area contributed by atoms with Gasteiger partial charge in [0.05, 0.1) is 0 Å². The smallest absolute Gasteiger partial charge is 0.317 e. The van der Waals surface area contributed by atoms with E-state index in [1.165, 1.54) is 83.5 Å². The first-order chi connectivity index (χ1) is 19.6. The van der Waals surface area contributed by atoms with E-state index in [4.69, 9.17) is 0 Å². The summed E-state index contributed by atoms with van der Waals surface area (Å²) in [7, 11) is 0. The Morgan fingerprint density at radius 2 is 1.78 bits per heavy atom. The van der Waals surface area contributed by atoms with Crippen LogP contribution < -0.4 is 10.6 Å². The number of carbonyl (C=O) groups is 1. The summed E-state index contributed by atoms with van der Waals surface area (Å²) in [6.07, 6.45) is 23.3. The molecule has 228 valence electrons. The van der Waals surface area contributed by atoms with Crippen LogP contribution in [0.2, 0.25) is 0 Å². The number of hydrogen-bond acceptors (Lipinski definition) is 2. The largest absolute Gasteiger partial charge is 0.336 e. The van der Waals surface area contributed by atoms with E-state index >= 15 is 0 Å². The van der Waals surface area contributed by atoms with Crippen LogP contribution in [-0.4, -0.2) is 42.6 Å². The molecule has 2 N–H and O–H groups in total. The molecule has 0 aromatic carbocycles. The second kappa shape index (κ2) is 10.1. The van der Waals surface area contributed by atoms with Crippen LogP contribution in [-0.2, 0) is 0 Å². The fraction of sp³-hybridized carbons (Fsp3) is 0.865. The molecule has 4 nitrogen and oxygen atoms in total. The molecule has 10 atom stereocenters. The summed E-state index contributed by atoms with van der Waals surface area (Å²) < 4.78 is 0. The lowest BCUT2D eigenvalue weighted by Crippen LogP contribution is -2.67. The third kappa shape index (κ3) is 4.18. The minimum Gasteiger partial charge on any atom is -0.336 e. The second-order valence-electron chi connectivity index (χ2n) is 16.8. The molecule has 6 aliphatic carbocycles. The van der Waals surface area contributed by atoms with E-state index in [9.17, 15) is 4.79 Å². The van der Waals surface area contributed by atoms with Gasteiger partial charge in [-0.25, -0.2) is 4.79 Å². The Kier molecular flexibility index (Phi) is 7.04. The van der Waals surface area contributed by atoms with Gasteiger partial charge in [-0.1, -0.05) is 53.2 Å². The molecule has 41 heavy (non-hydrogen) atoms. The minimum absolute atomic E-state index is 0.128. The summed E-state index contributed by atoms with van der Waals surface area (Å²) in [6, 6.07) is 0.128. The number of amides is 2. The lowest BCUT2D eigenvalue weighted by Gasteiger charge is -2.71. The van der Waals surface area contributed by atoms with Crippen molar-refractivity contribution in [3.05, 3.63) is 23.3 Å². The van der Waals surface area contributed by atoms with Gasteiger partial charge in [-0.2, -0.15) is 0 Å². The van der Waals surface area contributed by atoms with Crippen molar-refractivity contribution in [2.75, 3.05) is 26.2 Å². The average Bonchev–Trinajstić information content (AvgIpc) is 3.56. The number of fused-ring (bicyclic) bond motifs is 7. The Balaban J connectivity index is 1.11. The highest BCUT2D eigenvalue weighted by atomic mass is 16.2. The third-order valence-corrected chi connectivity index (χ3v) is 15.4. The molecule has 0 radical (unpaired) electrons. The number of nitrogens with zero attached hydrogens (tertiary/aromatic N) is 1. The first-order valence-electron chi connectivity index (χ1n) is 17.8. The molecule has 7 rings (SSSR count). The molecular weight excluding hydrogens is 502 g/mol. The van der Waals surface area contributed by atoms with E-state index in [1.807, 2.05) is 4.90 Å². The highest BCUT2D eigenvalue weighted by molar-refractivity contribution is 5.76. The summed E-state index contributed by atoms with van der Waals surface area (Å²) in [5.41, 5.74) is 5.12. The molecule has 8 unspecified atom stereocenters. The van der Waals surface area contributed by atoms with Crippen LogP contribution in [0.4, 0.5) is 4.79 Å². The average molecular weight is 562 g/mol. The normalized spacial score (nSPS) is 49.3. The van der Waals surface area contributed by atoms with Gasteiger partial charge in [0.2, 0.25) is 0 Å². The molecule has 5 fully saturated rings. The second-order valence-corrected chi connectivity index (χ2v) is 16.8. The number of rotatable bonds is 5. The van der Waals surface area contributed by atoms with Gasteiger partial charge in [-0.3, -0.25) is 0 Å². The van der Waals surface area contributed by atoms with Crippen LogP contribution in [0, 0.1) is 51.8 Å². The van der Waals surface area contributed by atoms with E-state index in [0.29, 0.717) is 21.8 Å². The van der Waals surface area contributed by atoms with Gasteiger partial charge in [0.25, 0.3) is 0 Å². The van der Waals surface area contributed by atoms with E-state index < -0.39 is 0 Å². The van der Waals surface area contributed by atoms with Crippen LogP contribution in [0.5, 0.6) is 0 Å². The topological polar surface area (TPSA) is 44.4 Å². The van der Waals surface area contributed by atoms with Gasteiger partial charge in [0.15, 0.2) is 0 Å². The molecule has 2 amide bonds. The minimum atomic E-state index is 0.128. The molecule has 0 aromatic heterocycles. The van der Waals surface area contributed by atoms with Gasteiger partial charge in [0.1, 0.15) is 0 Å². The fourth-order valence-corrected chi connectivity index (χ4v) is 12.9. The number of allylic oxidation sites excluding steroid dienone is 4. The zero-order valence-electron chi connectivity index (χ0n) is 27.0. The van der Waals surface area contributed by atoms with E-state index in [-0.39, 0.29) is 6.03 Å². The number of nitrogens with one attached hydrogen (secondary N) is 2. The van der Waals surface area contributed by atoms with Crippen molar-refractivity contribution in [1.82, 2.24) is 15.5 Å². The fourth-order valence-electron chi connectivity index (χ4n) is 12.9. The molecule has 1 saturated heterocycles. The van der Waals surface area contributed by atoms with Crippen molar-refractivity contribution in [3.63, 3.8) is 0 Å². The first-order valence-corrected chi connectivity index (χ1v) is 17.8. The highest BCUT2D eigenvalue weighted by Gasteiger charge is 2.68. The standard InChI is InChI=1S/C37H59N3O/c1-25-8-10-27(11-9-25)28-14-17-34(3)29(26(28)2)15-18-36(5)32(34)13-12-30-31-7-6-16-37(31,20-19-35(30,36)4)39-22-24-40-23-21-38-33(40)41/h10,14,25-26,29-32,39H,6-9,11-13,15-24H2,1-5H3,(H,38,41)/t25?,26?,29?,30?,31-,32?,34?,35-,36?,37?/m1/s1. The van der Waals surface area contributed by atoms with Crippen molar-refractivity contribution in [1.29, 1.82) is 0 Å². The van der Waals surface area contributed by atoms with E-state index in [0.717, 1.165) is 61.7 Å². The van der Waals surface area contributed by atoms with Crippen molar-refractivity contribution >= 4 is 6.03 Å². The van der Waals surface area contributed by atoms with Crippen LogP contribution >= 0.6 is 0 Å². The lowest BCUT2D eigenvalue weighted by molar-refractivity contribution is -0.212. The summed E-state index contributed by atoms with van der Waals surface area (Å²) in [4.78, 5) is 14.1. The molecule has 1 heterocycles. The molecule has 4 heteroatoms. The molecule has 1 aliphatic heterocycles. The Labute approximate surface area is 250 Å². The zero-order valence-corrected chi connectivity index (χ0v) is 27.0. The lowest BCUT2D eigenvalue weighted by atomic mass is 9.34. The predicted octanol–water partition coefficient (Wildman–Crippen LogP) is 8.10. The summed E-state index contributed by atoms with van der Waals surface area (Å²) >= 11 is 0. The Morgan fingerprint density at radius 1 is 0.927 bits per heavy atom. The predicted molar refractivity (Wildman–Crippen MR) is 169 cm³/mol. The van der Waals surface area contributed by atoms with Gasteiger partial charge in [0, 0.05) is 31.7 Å². The maximum atomic E-state index is 12.1. The molecular formula is C37H59N3O. The van der Waals surface area contributed by atoms with Gasteiger partial charge >= 0.3 is 6.03 Å². The monoisotopic (exact) mass is 561 g/mol. The Bertz CT molecular complexity index is 1110. The number of hydrogen-bond donors (Lipinski definition) is 2. The quantitative estimate of drug-likeness (QED) is 0.356. The number of urea groups is 1. The Morgan fingerprint density at radius 3 is 2.54 bits per heavy atom. The maximum Gasteiger partial charge on any atom is 0.317 e. The third-order valence-electron chi connectivity index (χ3n) is 15.4. The summed E-state index contributed by atoms with van der Waals surface area (Å²) in [6.45, 7) is 16.8. The molecule has 7 aliphatic rings. The van der Waals surface area contributed by atoms with Crippen LogP contribution in [0.1, 0.15) is 118 Å². The Hall–Kier alpha value is -1.29. The van der Waals surface area contributed by atoms with Crippen molar-refractivity contribution in [3.8, 4) is 0 Å². The maximum absolute atomic E-state index is 12.1. The van der Waals surface area contributed by atoms with Gasteiger partial charge < -0.3 is 15.5 Å². The van der Waals surface area contributed by atoms with Gasteiger partial charge in [-0.05, 0) is 140 Å². The van der Waals surface area contributed by atoms with E-state index in [2.05, 4.69) is 57.4 Å². The van der Waals surface area contributed by atoms with Crippen LogP contribution in [0.3, 0.4) is 0 Å². The SMILES string of the molecule is CC1CC=C(C2=CCC3(C)C(CCC4(C)C3CCC3[C@H]5CCCC5(NCCN5CCNC5=O)CC[C@]34C)C2C)CC1. The highest BCUT2D eigenvalue weighted by Crippen LogP contribution is 2.75. The molecule has 0 spiro atoms. The van der Waals surface area contributed by atoms with E-state index in [1.54, 1.807) is 11.1 Å². The van der Waals surface area contributed by atoms with Crippen molar-refractivity contribution in [2.45, 2.75) is 124 Å². The summed E-state index contributed by atoms with van der Waals surface area (Å²) in [5.74, 6) is 4.95. The van der Waals surface area contributed by atoms with Crippen LogP contribution in [0.15, 0.2) is 23.3 Å². The molecule has 0 bridgehead atoms. The van der Waals surface area contributed by atoms with Crippen molar-refractivity contribution < 1.29 is 4.79 Å². The zero-order chi connectivity index (χ0) is 28.6. The first kappa shape index (κ1) is 28.5. The molecule has 0 aromatic rings.